The van der Waals surface area contributed by atoms with Crippen molar-refractivity contribution in [3.8, 4) is 0 Å². The van der Waals surface area contributed by atoms with E-state index >= 15 is 0 Å². The molecule has 0 spiro atoms. The number of carbonyl (C=O) groups is 1. The maximum Gasteiger partial charge on any atom is 0.341 e. The molecule has 1 aromatic rings. The van der Waals surface area contributed by atoms with E-state index in [0.717, 1.165) is 6.07 Å². The number of carboxylic acids is 1. The van der Waals surface area contributed by atoms with Gasteiger partial charge in [-0.2, -0.15) is 8.78 Å². The summed E-state index contributed by atoms with van der Waals surface area (Å²) in [6.07, 6.45) is 0. The number of halogens is 2. The number of hydrogen-bond donors (Lipinski definition) is 2. The first-order valence-corrected chi connectivity index (χ1v) is 5.97. The Morgan fingerprint density at radius 1 is 1.35 bits per heavy atom. The van der Waals surface area contributed by atoms with Crippen LogP contribution in [-0.2, 0) is 14.6 Å². The molecule has 0 unspecified atom stereocenters. The molecule has 17 heavy (non-hydrogen) atoms. The maximum atomic E-state index is 12.3. The van der Waals surface area contributed by atoms with Crippen molar-refractivity contribution < 1.29 is 27.1 Å². The number of hydrogen-bond acceptors (Lipinski definition) is 4. The summed E-state index contributed by atoms with van der Waals surface area (Å²) in [5, 5.41) is 10.7. The minimum Gasteiger partial charge on any atom is -0.480 e. The van der Waals surface area contributed by atoms with Gasteiger partial charge in [-0.1, -0.05) is 12.1 Å². The second-order valence-corrected chi connectivity index (χ2v) is 4.94. The van der Waals surface area contributed by atoms with Crippen LogP contribution in [0, 0.1) is 0 Å². The predicted molar refractivity (Wildman–Crippen MR) is 55.8 cm³/mol. The van der Waals surface area contributed by atoms with Gasteiger partial charge in [0.25, 0.3) is 0 Å². The van der Waals surface area contributed by atoms with Crippen molar-refractivity contribution in [3.05, 3.63) is 24.3 Å². The Hall–Kier alpha value is -1.70. The summed E-state index contributed by atoms with van der Waals surface area (Å²) in [6.45, 7) is -0.560. The molecule has 5 nitrogen and oxygen atoms in total. The van der Waals surface area contributed by atoms with E-state index in [0.29, 0.717) is 0 Å². The Labute approximate surface area is 96.0 Å². The van der Waals surface area contributed by atoms with E-state index in [-0.39, 0.29) is 5.69 Å². The normalized spacial score (nSPS) is 11.5. The number of nitrogens with one attached hydrogen (secondary N) is 1. The summed E-state index contributed by atoms with van der Waals surface area (Å²) in [7, 11) is -4.74. The third-order valence-corrected chi connectivity index (χ3v) is 3.30. The predicted octanol–water partition coefficient (Wildman–Crippen LogP) is 1.18. The zero-order chi connectivity index (χ0) is 13.1. The van der Waals surface area contributed by atoms with Gasteiger partial charge in [-0.3, -0.25) is 4.79 Å². The molecule has 0 aliphatic carbocycles. The monoisotopic (exact) mass is 265 g/mol. The minimum absolute atomic E-state index is 0.157. The number of anilines is 1. The highest BCUT2D eigenvalue weighted by Gasteiger charge is 2.28. The number of aliphatic carboxylic acids is 1. The van der Waals surface area contributed by atoms with Crippen LogP contribution in [0.15, 0.2) is 29.2 Å². The molecule has 0 aromatic heterocycles. The highest BCUT2D eigenvalue weighted by Crippen LogP contribution is 2.25. The van der Waals surface area contributed by atoms with Crippen molar-refractivity contribution in [2.75, 3.05) is 11.9 Å². The highest BCUT2D eigenvalue weighted by molar-refractivity contribution is 7.91. The van der Waals surface area contributed by atoms with Crippen molar-refractivity contribution >= 4 is 21.5 Å². The molecule has 0 saturated heterocycles. The molecule has 94 valence electrons. The molecule has 1 rings (SSSR count). The highest BCUT2D eigenvalue weighted by atomic mass is 32.2. The first-order chi connectivity index (χ1) is 7.85. The number of rotatable bonds is 5. The van der Waals surface area contributed by atoms with E-state index in [1.54, 1.807) is 0 Å². The fourth-order valence-electron chi connectivity index (χ4n) is 1.13. The van der Waals surface area contributed by atoms with Gasteiger partial charge in [-0.15, -0.1) is 0 Å². The summed E-state index contributed by atoms with van der Waals surface area (Å²) in [4.78, 5) is 9.69. The molecular weight excluding hydrogens is 256 g/mol. The van der Waals surface area contributed by atoms with Gasteiger partial charge in [-0.25, -0.2) is 8.42 Å². The molecule has 0 heterocycles. The molecule has 0 aliphatic heterocycles. The molecule has 0 radical (unpaired) electrons. The van der Waals surface area contributed by atoms with Crippen molar-refractivity contribution in [1.82, 2.24) is 0 Å². The Morgan fingerprint density at radius 2 is 1.94 bits per heavy atom. The lowest BCUT2D eigenvalue weighted by molar-refractivity contribution is -0.134. The summed E-state index contributed by atoms with van der Waals surface area (Å²) in [5.41, 5.74) is -0.157. The fourth-order valence-corrected chi connectivity index (χ4v) is 2.03. The van der Waals surface area contributed by atoms with Gasteiger partial charge in [0.1, 0.15) is 6.54 Å². The van der Waals surface area contributed by atoms with Crippen molar-refractivity contribution in [3.63, 3.8) is 0 Å². The SMILES string of the molecule is O=C(O)CNc1ccccc1S(=O)(=O)C(F)F. The zero-order valence-electron chi connectivity index (χ0n) is 8.43. The van der Waals surface area contributed by atoms with Crippen molar-refractivity contribution in [2.45, 2.75) is 10.7 Å². The molecule has 2 N–H and O–H groups in total. The molecule has 0 atom stereocenters. The first kappa shape index (κ1) is 13.4. The van der Waals surface area contributed by atoms with Gasteiger partial charge in [0.2, 0.25) is 9.84 Å². The van der Waals surface area contributed by atoms with Gasteiger partial charge in [-0.05, 0) is 12.1 Å². The number of sulfone groups is 1. The second kappa shape index (κ2) is 5.09. The van der Waals surface area contributed by atoms with Gasteiger partial charge >= 0.3 is 11.7 Å². The van der Waals surface area contributed by atoms with Crippen LogP contribution in [0.3, 0.4) is 0 Å². The van der Waals surface area contributed by atoms with E-state index in [1.165, 1.54) is 18.2 Å². The number of alkyl halides is 2. The Bertz CT molecular complexity index is 515. The van der Waals surface area contributed by atoms with E-state index < -0.39 is 33.0 Å². The molecule has 0 aliphatic rings. The molecule has 0 amide bonds. The van der Waals surface area contributed by atoms with Gasteiger partial charge in [0, 0.05) is 0 Å². The van der Waals surface area contributed by atoms with E-state index in [2.05, 4.69) is 5.32 Å². The van der Waals surface area contributed by atoms with Crippen LogP contribution >= 0.6 is 0 Å². The average molecular weight is 265 g/mol. The lowest BCUT2D eigenvalue weighted by Crippen LogP contribution is -2.17. The van der Waals surface area contributed by atoms with Crippen LogP contribution in [0.5, 0.6) is 0 Å². The lowest BCUT2D eigenvalue weighted by atomic mass is 10.3. The Morgan fingerprint density at radius 3 is 2.47 bits per heavy atom. The topological polar surface area (TPSA) is 83.5 Å². The van der Waals surface area contributed by atoms with E-state index in [4.69, 9.17) is 5.11 Å². The van der Waals surface area contributed by atoms with Gasteiger partial charge < -0.3 is 10.4 Å². The van der Waals surface area contributed by atoms with Gasteiger partial charge in [0.05, 0.1) is 10.6 Å². The van der Waals surface area contributed by atoms with E-state index in [1.807, 2.05) is 0 Å². The molecular formula is C9H9F2NO4S. The quantitative estimate of drug-likeness (QED) is 0.835. The van der Waals surface area contributed by atoms with Crippen LogP contribution in [-0.4, -0.2) is 31.8 Å². The van der Waals surface area contributed by atoms with Crippen LogP contribution in [0.1, 0.15) is 0 Å². The standard InChI is InChI=1S/C9H9F2NO4S/c10-9(11)17(15,16)7-4-2-1-3-6(7)12-5-8(13)14/h1-4,9,12H,5H2,(H,13,14). The third kappa shape index (κ3) is 3.13. The zero-order valence-corrected chi connectivity index (χ0v) is 9.25. The van der Waals surface area contributed by atoms with Crippen LogP contribution < -0.4 is 5.32 Å². The third-order valence-electron chi connectivity index (χ3n) is 1.86. The van der Waals surface area contributed by atoms with Crippen molar-refractivity contribution in [2.24, 2.45) is 0 Å². The largest absolute Gasteiger partial charge is 0.480 e. The minimum atomic E-state index is -4.74. The Kier molecular flexibility index (Phi) is 4.00. The number of carboxylic acid groups (broad SMARTS) is 1. The molecule has 0 saturated carbocycles. The van der Waals surface area contributed by atoms with Crippen molar-refractivity contribution in [1.29, 1.82) is 0 Å². The maximum absolute atomic E-state index is 12.3. The molecule has 0 fully saturated rings. The van der Waals surface area contributed by atoms with Crippen LogP contribution in [0.4, 0.5) is 14.5 Å². The van der Waals surface area contributed by atoms with Crippen LogP contribution in [0.25, 0.3) is 0 Å². The van der Waals surface area contributed by atoms with E-state index in [9.17, 15) is 22.0 Å². The molecule has 1 aromatic carbocycles. The summed E-state index contributed by atoms with van der Waals surface area (Å²) >= 11 is 0. The van der Waals surface area contributed by atoms with Crippen LogP contribution in [0.2, 0.25) is 0 Å². The average Bonchev–Trinajstić information content (AvgIpc) is 2.26. The van der Waals surface area contributed by atoms with Gasteiger partial charge in [0.15, 0.2) is 0 Å². The molecule has 0 bridgehead atoms. The number of benzene rings is 1. The summed E-state index contributed by atoms with van der Waals surface area (Å²) in [6, 6.07) is 4.90. The number of para-hydroxylation sites is 1. The molecule has 8 heteroatoms. The Balaban J connectivity index is 3.12. The fraction of sp³-hybridized carbons (Fsp3) is 0.222. The summed E-state index contributed by atoms with van der Waals surface area (Å²) < 4.78 is 47.2. The smallest absolute Gasteiger partial charge is 0.341 e. The second-order valence-electron chi connectivity index (χ2n) is 3.05. The summed E-state index contributed by atoms with van der Waals surface area (Å²) in [5.74, 6) is -4.77. The lowest BCUT2D eigenvalue weighted by Gasteiger charge is -2.10. The first-order valence-electron chi connectivity index (χ1n) is 4.42.